The highest BCUT2D eigenvalue weighted by molar-refractivity contribution is 5.92. The van der Waals surface area contributed by atoms with E-state index in [1.165, 1.54) is 0 Å². The Kier molecular flexibility index (Phi) is 4.77. The fraction of sp³-hybridized carbons (Fsp3) is 0.222. The third-order valence-electron chi connectivity index (χ3n) is 4.21. The summed E-state index contributed by atoms with van der Waals surface area (Å²) < 4.78 is 3.36. The molecule has 4 N–H and O–H groups in total. The van der Waals surface area contributed by atoms with Crippen molar-refractivity contribution >= 4 is 40.3 Å². The van der Waals surface area contributed by atoms with E-state index in [9.17, 15) is 4.79 Å². The first-order chi connectivity index (χ1) is 14.0. The van der Waals surface area contributed by atoms with Crippen LogP contribution in [0.3, 0.4) is 0 Å². The molecule has 0 aliphatic heterocycles. The van der Waals surface area contributed by atoms with Crippen LogP contribution < -0.4 is 16.4 Å². The van der Waals surface area contributed by atoms with Crippen LogP contribution in [-0.4, -0.2) is 40.2 Å². The van der Waals surface area contributed by atoms with E-state index in [0.717, 1.165) is 11.4 Å². The quantitative estimate of drug-likeness (QED) is 0.450. The Morgan fingerprint density at radius 3 is 2.79 bits per heavy atom. The van der Waals surface area contributed by atoms with Crippen LogP contribution in [-0.2, 0) is 17.9 Å². The molecule has 29 heavy (non-hydrogen) atoms. The zero-order valence-electron chi connectivity index (χ0n) is 16.0. The van der Waals surface area contributed by atoms with Gasteiger partial charge in [-0.2, -0.15) is 15.1 Å². The molecule has 0 saturated heterocycles. The van der Waals surface area contributed by atoms with Gasteiger partial charge in [-0.1, -0.05) is 0 Å². The van der Waals surface area contributed by atoms with E-state index in [1.807, 2.05) is 19.9 Å². The number of rotatable bonds is 6. The van der Waals surface area contributed by atoms with Crippen molar-refractivity contribution in [1.82, 2.24) is 34.3 Å². The maximum Gasteiger partial charge on any atom is 0.245 e. The van der Waals surface area contributed by atoms with Crippen molar-refractivity contribution in [3.05, 3.63) is 42.6 Å². The number of carbonyl (C=O) groups excluding carboxylic acids is 1. The molecule has 148 valence electrons. The van der Waals surface area contributed by atoms with Gasteiger partial charge in [0.1, 0.15) is 12.4 Å². The van der Waals surface area contributed by atoms with Crippen molar-refractivity contribution in [3.8, 4) is 0 Å². The van der Waals surface area contributed by atoms with E-state index < -0.39 is 0 Å². The number of imidazole rings is 1. The van der Waals surface area contributed by atoms with E-state index in [2.05, 4.69) is 35.7 Å². The van der Waals surface area contributed by atoms with E-state index in [0.29, 0.717) is 29.3 Å². The van der Waals surface area contributed by atoms with Gasteiger partial charge in [-0.05, 0) is 26.0 Å². The largest absolute Gasteiger partial charge is 0.368 e. The fourth-order valence-electron chi connectivity index (χ4n) is 2.96. The smallest absolute Gasteiger partial charge is 0.245 e. The number of hydrogen-bond acceptors (Lipinski definition) is 8. The number of fused-ring (bicyclic) bond motifs is 1. The summed E-state index contributed by atoms with van der Waals surface area (Å²) in [6, 6.07) is 5.42. The highest BCUT2D eigenvalue weighted by atomic mass is 16.2. The van der Waals surface area contributed by atoms with Crippen LogP contribution in [0.15, 0.2) is 36.9 Å². The lowest BCUT2D eigenvalue weighted by atomic mass is 10.4. The summed E-state index contributed by atoms with van der Waals surface area (Å²) in [5.74, 6) is 0.960. The van der Waals surface area contributed by atoms with Gasteiger partial charge in [-0.3, -0.25) is 9.78 Å². The number of anilines is 4. The van der Waals surface area contributed by atoms with Gasteiger partial charge in [0.25, 0.3) is 0 Å². The second kappa shape index (κ2) is 7.54. The summed E-state index contributed by atoms with van der Waals surface area (Å²) in [6.07, 6.45) is 4.87. The standard InChI is InChI=1S/C18H20N10O/c1-3-28-13(8-11(2)26-28)23-14(29)9-27-10-21-15-16(24-18(19)25-17(15)27)22-12-4-6-20-7-5-12/h4-8,10H,3,9H2,1-2H3,(H,23,29)(H3,19,20,22,24,25). The lowest BCUT2D eigenvalue weighted by molar-refractivity contribution is -0.116. The van der Waals surface area contributed by atoms with Crippen LogP contribution in [0.5, 0.6) is 0 Å². The summed E-state index contributed by atoms with van der Waals surface area (Å²) in [5, 5.41) is 10.3. The second-order valence-electron chi connectivity index (χ2n) is 6.37. The van der Waals surface area contributed by atoms with Gasteiger partial charge in [0, 0.05) is 30.7 Å². The zero-order chi connectivity index (χ0) is 20.4. The molecule has 4 aromatic rings. The maximum absolute atomic E-state index is 12.6. The van der Waals surface area contributed by atoms with Gasteiger partial charge >= 0.3 is 0 Å². The summed E-state index contributed by atoms with van der Waals surface area (Å²) in [4.78, 5) is 29.4. The molecule has 4 rings (SSSR count). The molecular weight excluding hydrogens is 372 g/mol. The topological polar surface area (TPSA) is 141 Å². The maximum atomic E-state index is 12.6. The molecule has 11 heteroatoms. The average molecular weight is 392 g/mol. The second-order valence-corrected chi connectivity index (χ2v) is 6.37. The molecule has 0 aliphatic rings. The van der Waals surface area contributed by atoms with Crippen molar-refractivity contribution < 1.29 is 4.79 Å². The monoisotopic (exact) mass is 392 g/mol. The van der Waals surface area contributed by atoms with Crippen LogP contribution in [0.25, 0.3) is 11.2 Å². The number of aryl methyl sites for hydroxylation is 2. The minimum absolute atomic E-state index is 0.0234. The van der Waals surface area contributed by atoms with Gasteiger partial charge < -0.3 is 20.9 Å². The minimum Gasteiger partial charge on any atom is -0.368 e. The number of nitrogens with two attached hydrogens (primary N) is 1. The van der Waals surface area contributed by atoms with Crippen LogP contribution >= 0.6 is 0 Å². The number of nitrogens with one attached hydrogen (secondary N) is 2. The Hall–Kier alpha value is -4.02. The Labute approximate surface area is 166 Å². The molecule has 4 heterocycles. The third-order valence-corrected chi connectivity index (χ3v) is 4.21. The van der Waals surface area contributed by atoms with Crippen LogP contribution in [0.4, 0.5) is 23.3 Å². The first-order valence-electron chi connectivity index (χ1n) is 9.03. The first-order valence-corrected chi connectivity index (χ1v) is 9.03. The summed E-state index contributed by atoms with van der Waals surface area (Å²) in [6.45, 7) is 4.52. The summed E-state index contributed by atoms with van der Waals surface area (Å²) >= 11 is 0. The molecule has 4 aromatic heterocycles. The number of nitrogens with zero attached hydrogens (tertiary/aromatic N) is 7. The van der Waals surface area contributed by atoms with Gasteiger partial charge in [-0.15, -0.1) is 0 Å². The Bertz CT molecular complexity index is 1160. The molecule has 0 bridgehead atoms. The predicted molar refractivity (Wildman–Crippen MR) is 109 cm³/mol. The number of amides is 1. The van der Waals surface area contributed by atoms with E-state index in [-0.39, 0.29) is 18.4 Å². The number of aromatic nitrogens is 7. The molecule has 0 saturated carbocycles. The van der Waals surface area contributed by atoms with Crippen LogP contribution in [0.2, 0.25) is 0 Å². The molecule has 11 nitrogen and oxygen atoms in total. The van der Waals surface area contributed by atoms with Gasteiger partial charge in [0.2, 0.25) is 11.9 Å². The Morgan fingerprint density at radius 2 is 2.03 bits per heavy atom. The fourth-order valence-corrected chi connectivity index (χ4v) is 2.96. The molecule has 0 atom stereocenters. The van der Waals surface area contributed by atoms with Gasteiger partial charge in [-0.25, -0.2) is 9.67 Å². The Morgan fingerprint density at radius 1 is 1.24 bits per heavy atom. The molecule has 0 aliphatic carbocycles. The van der Waals surface area contributed by atoms with Crippen molar-refractivity contribution in [2.24, 2.45) is 0 Å². The lowest BCUT2D eigenvalue weighted by Crippen LogP contribution is -2.20. The highest BCUT2D eigenvalue weighted by Gasteiger charge is 2.15. The first kappa shape index (κ1) is 18.3. The van der Waals surface area contributed by atoms with E-state index >= 15 is 0 Å². The molecule has 0 fully saturated rings. The minimum atomic E-state index is -0.222. The summed E-state index contributed by atoms with van der Waals surface area (Å²) in [7, 11) is 0. The number of pyridine rings is 1. The molecule has 0 aromatic carbocycles. The van der Waals surface area contributed by atoms with E-state index in [1.54, 1.807) is 40.1 Å². The molecule has 0 unspecified atom stereocenters. The van der Waals surface area contributed by atoms with Crippen molar-refractivity contribution in [3.63, 3.8) is 0 Å². The number of carbonyl (C=O) groups is 1. The third kappa shape index (κ3) is 3.83. The average Bonchev–Trinajstić information content (AvgIpc) is 3.25. The SMILES string of the molecule is CCn1nc(C)cc1NC(=O)Cn1cnc2c(Nc3ccncc3)nc(N)nc21. The van der Waals surface area contributed by atoms with Crippen molar-refractivity contribution in [1.29, 1.82) is 0 Å². The normalized spacial score (nSPS) is 11.0. The van der Waals surface area contributed by atoms with Crippen molar-refractivity contribution in [2.75, 3.05) is 16.4 Å². The van der Waals surface area contributed by atoms with Crippen LogP contribution in [0.1, 0.15) is 12.6 Å². The van der Waals surface area contributed by atoms with Crippen molar-refractivity contribution in [2.45, 2.75) is 26.9 Å². The van der Waals surface area contributed by atoms with E-state index in [4.69, 9.17) is 5.73 Å². The number of hydrogen-bond donors (Lipinski definition) is 3. The van der Waals surface area contributed by atoms with Gasteiger partial charge in [0.15, 0.2) is 17.0 Å². The number of nitrogen functional groups attached to an aromatic ring is 1. The highest BCUT2D eigenvalue weighted by Crippen LogP contribution is 2.23. The molecule has 0 spiro atoms. The molecule has 0 radical (unpaired) electrons. The van der Waals surface area contributed by atoms with Crippen LogP contribution in [0, 0.1) is 6.92 Å². The Balaban J connectivity index is 1.59. The summed E-state index contributed by atoms with van der Waals surface area (Å²) in [5.41, 5.74) is 8.47. The van der Waals surface area contributed by atoms with Gasteiger partial charge in [0.05, 0.1) is 12.0 Å². The zero-order valence-corrected chi connectivity index (χ0v) is 16.0. The predicted octanol–water partition coefficient (Wildman–Crippen LogP) is 1.71. The molecular formula is C18H20N10O. The molecule has 1 amide bonds. The lowest BCUT2D eigenvalue weighted by Gasteiger charge is -2.09.